The Bertz CT molecular complexity index is 576. The van der Waals surface area contributed by atoms with Crippen LogP contribution in [0.15, 0.2) is 12.1 Å². The van der Waals surface area contributed by atoms with Gasteiger partial charge in [0.25, 0.3) is 0 Å². The van der Waals surface area contributed by atoms with E-state index in [4.69, 9.17) is 14.2 Å². The first-order valence-corrected chi connectivity index (χ1v) is 7.74. The summed E-state index contributed by atoms with van der Waals surface area (Å²) in [5, 5.41) is 0. The summed E-state index contributed by atoms with van der Waals surface area (Å²) >= 11 is 0. The SMILES string of the molecule is COc1cc2c(cc1OC)C1(CCN(C(C)=O)CC1)OCC2. The molecular weight excluding hydrogens is 282 g/mol. The van der Waals surface area contributed by atoms with Crippen molar-refractivity contribution in [1.82, 2.24) is 4.90 Å². The Labute approximate surface area is 131 Å². The lowest BCUT2D eigenvalue weighted by atomic mass is 9.79. The van der Waals surface area contributed by atoms with E-state index in [0.29, 0.717) is 6.61 Å². The predicted octanol–water partition coefficient (Wildman–Crippen LogP) is 2.11. The molecule has 5 nitrogen and oxygen atoms in total. The first kappa shape index (κ1) is 15.2. The molecule has 1 saturated heterocycles. The lowest BCUT2D eigenvalue weighted by Gasteiger charge is -2.45. The van der Waals surface area contributed by atoms with Crippen LogP contribution in [0.3, 0.4) is 0 Å². The highest BCUT2D eigenvalue weighted by Crippen LogP contribution is 2.45. The van der Waals surface area contributed by atoms with Crippen molar-refractivity contribution in [1.29, 1.82) is 0 Å². The monoisotopic (exact) mass is 305 g/mol. The van der Waals surface area contributed by atoms with E-state index in [0.717, 1.165) is 43.9 Å². The van der Waals surface area contributed by atoms with Gasteiger partial charge in [0, 0.05) is 20.0 Å². The maximum atomic E-state index is 11.5. The molecule has 0 bridgehead atoms. The maximum absolute atomic E-state index is 11.5. The lowest BCUT2D eigenvalue weighted by Crippen LogP contribution is -2.47. The van der Waals surface area contributed by atoms with Crippen molar-refractivity contribution >= 4 is 5.91 Å². The molecule has 2 aliphatic rings. The quantitative estimate of drug-likeness (QED) is 0.840. The average Bonchev–Trinajstić information content (AvgIpc) is 2.54. The summed E-state index contributed by atoms with van der Waals surface area (Å²) in [7, 11) is 3.31. The van der Waals surface area contributed by atoms with E-state index >= 15 is 0 Å². The van der Waals surface area contributed by atoms with Crippen molar-refractivity contribution in [3.05, 3.63) is 23.3 Å². The second-order valence-electron chi connectivity index (χ2n) is 5.96. The van der Waals surface area contributed by atoms with Crippen molar-refractivity contribution in [2.45, 2.75) is 31.8 Å². The number of benzene rings is 1. The minimum atomic E-state index is -0.293. The van der Waals surface area contributed by atoms with E-state index in [1.54, 1.807) is 21.1 Å². The first-order valence-electron chi connectivity index (χ1n) is 7.74. The standard InChI is InChI=1S/C17H23NO4/c1-12(19)18-7-5-17(6-8-18)14-11-16(21-3)15(20-2)10-13(14)4-9-22-17/h10-11H,4-9H2,1-3H3. The Hall–Kier alpha value is -1.75. The fourth-order valence-corrected chi connectivity index (χ4v) is 3.58. The van der Waals surface area contributed by atoms with Crippen LogP contribution >= 0.6 is 0 Å². The van der Waals surface area contributed by atoms with Crippen LogP contribution in [0.1, 0.15) is 30.9 Å². The van der Waals surface area contributed by atoms with Crippen LogP contribution in [0.25, 0.3) is 0 Å². The molecule has 0 aromatic heterocycles. The highest BCUT2D eigenvalue weighted by atomic mass is 16.5. The summed E-state index contributed by atoms with van der Waals surface area (Å²) in [6, 6.07) is 4.12. The maximum Gasteiger partial charge on any atom is 0.219 e. The highest BCUT2D eigenvalue weighted by molar-refractivity contribution is 5.73. The Morgan fingerprint density at radius 1 is 1.18 bits per heavy atom. The highest BCUT2D eigenvalue weighted by Gasteiger charge is 2.41. The van der Waals surface area contributed by atoms with Crippen LogP contribution in [-0.4, -0.2) is 44.7 Å². The first-order chi connectivity index (χ1) is 10.6. The number of nitrogens with zero attached hydrogens (tertiary/aromatic N) is 1. The summed E-state index contributed by atoms with van der Waals surface area (Å²) < 4.78 is 17.1. The number of rotatable bonds is 2. The largest absolute Gasteiger partial charge is 0.493 e. The molecule has 0 atom stereocenters. The molecule has 0 saturated carbocycles. The fourth-order valence-electron chi connectivity index (χ4n) is 3.58. The molecule has 3 rings (SSSR count). The van der Waals surface area contributed by atoms with Crippen molar-refractivity contribution in [2.24, 2.45) is 0 Å². The summed E-state index contributed by atoms with van der Waals surface area (Å²) in [5.41, 5.74) is 2.17. The summed E-state index contributed by atoms with van der Waals surface area (Å²) in [4.78, 5) is 13.4. The molecule has 0 radical (unpaired) electrons. The number of hydrogen-bond donors (Lipinski definition) is 0. The van der Waals surface area contributed by atoms with E-state index in [1.165, 1.54) is 11.1 Å². The number of ether oxygens (including phenoxy) is 3. The van der Waals surface area contributed by atoms with E-state index in [2.05, 4.69) is 12.1 Å². The van der Waals surface area contributed by atoms with Crippen LogP contribution in [0.5, 0.6) is 11.5 Å². The zero-order valence-corrected chi connectivity index (χ0v) is 13.5. The second kappa shape index (κ2) is 5.80. The Balaban J connectivity index is 1.96. The van der Waals surface area contributed by atoms with Gasteiger partial charge in [0.1, 0.15) is 0 Å². The number of fused-ring (bicyclic) bond motifs is 2. The average molecular weight is 305 g/mol. The molecule has 0 unspecified atom stereocenters. The van der Waals surface area contributed by atoms with Gasteiger partial charge in [-0.1, -0.05) is 0 Å². The number of likely N-dealkylation sites (tertiary alicyclic amines) is 1. The summed E-state index contributed by atoms with van der Waals surface area (Å²) in [6.07, 6.45) is 2.54. The smallest absolute Gasteiger partial charge is 0.219 e. The molecule has 120 valence electrons. The van der Waals surface area contributed by atoms with Crippen molar-refractivity contribution in [3.8, 4) is 11.5 Å². The van der Waals surface area contributed by atoms with Gasteiger partial charge in [-0.15, -0.1) is 0 Å². The zero-order chi connectivity index (χ0) is 15.7. The van der Waals surface area contributed by atoms with Gasteiger partial charge >= 0.3 is 0 Å². The molecule has 1 amide bonds. The third-order valence-corrected chi connectivity index (χ3v) is 4.87. The van der Waals surface area contributed by atoms with Gasteiger partial charge in [0.05, 0.1) is 26.4 Å². The van der Waals surface area contributed by atoms with Crippen molar-refractivity contribution in [2.75, 3.05) is 33.9 Å². The molecule has 1 spiro atoms. The summed E-state index contributed by atoms with van der Waals surface area (Å²) in [6.45, 7) is 3.82. The number of carbonyl (C=O) groups excluding carboxylic acids is 1. The van der Waals surface area contributed by atoms with Gasteiger partial charge < -0.3 is 19.1 Å². The number of piperidine rings is 1. The van der Waals surface area contributed by atoms with Crippen LogP contribution < -0.4 is 9.47 Å². The molecule has 2 aliphatic heterocycles. The second-order valence-corrected chi connectivity index (χ2v) is 5.96. The van der Waals surface area contributed by atoms with Gasteiger partial charge in [-0.3, -0.25) is 4.79 Å². The number of hydrogen-bond acceptors (Lipinski definition) is 4. The lowest BCUT2D eigenvalue weighted by molar-refractivity contribution is -0.138. The van der Waals surface area contributed by atoms with Crippen LogP contribution in [0.2, 0.25) is 0 Å². The van der Waals surface area contributed by atoms with E-state index in [1.807, 2.05) is 4.90 Å². The Morgan fingerprint density at radius 3 is 2.41 bits per heavy atom. The number of carbonyl (C=O) groups is 1. The third kappa shape index (κ3) is 2.43. The zero-order valence-electron chi connectivity index (χ0n) is 13.5. The minimum absolute atomic E-state index is 0.137. The third-order valence-electron chi connectivity index (χ3n) is 4.87. The molecular formula is C17H23NO4. The summed E-state index contributed by atoms with van der Waals surface area (Å²) in [5.74, 6) is 1.64. The molecule has 5 heteroatoms. The Kier molecular flexibility index (Phi) is 4.00. The van der Waals surface area contributed by atoms with E-state index in [-0.39, 0.29) is 11.5 Å². The van der Waals surface area contributed by atoms with Crippen molar-refractivity contribution in [3.63, 3.8) is 0 Å². The van der Waals surface area contributed by atoms with Crippen LogP contribution in [0, 0.1) is 0 Å². The number of methoxy groups -OCH3 is 2. The number of amides is 1. The van der Waals surface area contributed by atoms with Gasteiger partial charge in [0.15, 0.2) is 11.5 Å². The van der Waals surface area contributed by atoms with Gasteiger partial charge in [0.2, 0.25) is 5.91 Å². The molecule has 0 N–H and O–H groups in total. The molecule has 0 aliphatic carbocycles. The predicted molar refractivity (Wildman–Crippen MR) is 82.4 cm³/mol. The fraction of sp³-hybridized carbons (Fsp3) is 0.588. The minimum Gasteiger partial charge on any atom is -0.493 e. The van der Waals surface area contributed by atoms with E-state index < -0.39 is 0 Å². The molecule has 1 aromatic carbocycles. The van der Waals surface area contributed by atoms with Gasteiger partial charge in [-0.05, 0) is 42.5 Å². The topological polar surface area (TPSA) is 48.0 Å². The van der Waals surface area contributed by atoms with Gasteiger partial charge in [-0.2, -0.15) is 0 Å². The van der Waals surface area contributed by atoms with Crippen LogP contribution in [-0.2, 0) is 21.6 Å². The molecule has 22 heavy (non-hydrogen) atoms. The normalized spacial score (nSPS) is 19.7. The molecule has 2 heterocycles. The molecule has 1 fully saturated rings. The van der Waals surface area contributed by atoms with Gasteiger partial charge in [-0.25, -0.2) is 0 Å². The Morgan fingerprint density at radius 2 is 1.82 bits per heavy atom. The van der Waals surface area contributed by atoms with Crippen LogP contribution in [0.4, 0.5) is 0 Å². The van der Waals surface area contributed by atoms with Crippen molar-refractivity contribution < 1.29 is 19.0 Å². The van der Waals surface area contributed by atoms with E-state index in [9.17, 15) is 4.79 Å². The molecule has 1 aromatic rings.